The maximum Gasteiger partial charge on any atom is 0.225 e. The normalized spacial score (nSPS) is 9.80. The van der Waals surface area contributed by atoms with Crippen LogP contribution in [0, 0.1) is 0 Å². The molecule has 0 amide bonds. The van der Waals surface area contributed by atoms with Crippen LogP contribution in [0.5, 0.6) is 11.5 Å². The van der Waals surface area contributed by atoms with Gasteiger partial charge in [0, 0.05) is 6.16 Å². The van der Waals surface area contributed by atoms with Gasteiger partial charge in [0.1, 0.15) is 24.9 Å². The van der Waals surface area contributed by atoms with E-state index in [1.165, 1.54) is 35.4 Å². The molecule has 0 spiro atoms. The van der Waals surface area contributed by atoms with E-state index in [2.05, 4.69) is 24.1 Å². The lowest BCUT2D eigenvalue weighted by Gasteiger charge is -2.11. The van der Waals surface area contributed by atoms with Crippen LogP contribution in [0.1, 0.15) is 36.5 Å². The van der Waals surface area contributed by atoms with Crippen molar-refractivity contribution in [2.75, 3.05) is 41.5 Å². The highest BCUT2D eigenvalue weighted by Crippen LogP contribution is 2.37. The monoisotopic (exact) mass is 377 g/mol. The quantitative estimate of drug-likeness (QED) is 0.468. The van der Waals surface area contributed by atoms with Gasteiger partial charge in [0.15, 0.2) is 0 Å². The van der Waals surface area contributed by atoms with Gasteiger partial charge in [-0.05, 0) is 39.7 Å². The highest BCUT2D eigenvalue weighted by Gasteiger charge is 2.22. The number of methoxy groups -OCH3 is 2. The molecule has 1 unspecified atom stereocenters. The lowest BCUT2D eigenvalue weighted by atomic mass is 10.2. The first-order chi connectivity index (χ1) is 12.2. The Morgan fingerprint density at radius 2 is 1.40 bits per heavy atom. The molecule has 25 heavy (non-hydrogen) atoms. The molecule has 1 rings (SSSR count). The molecule has 0 saturated carbocycles. The molecule has 0 aromatic heterocycles. The average molecular weight is 377 g/mol. The van der Waals surface area contributed by atoms with Crippen LogP contribution < -0.4 is 26.7 Å². The summed E-state index contributed by atoms with van der Waals surface area (Å²) in [6.45, 7) is 2.07. The van der Waals surface area contributed by atoms with Gasteiger partial charge in [-0.3, -0.25) is 4.79 Å². The summed E-state index contributed by atoms with van der Waals surface area (Å²) >= 11 is 0. The summed E-state index contributed by atoms with van der Waals surface area (Å²) in [5.41, 5.74) is 13.4. The molecule has 0 aliphatic carbocycles. The zero-order chi connectivity index (χ0) is 20.3. The van der Waals surface area contributed by atoms with Gasteiger partial charge < -0.3 is 31.2 Å². The second-order valence-electron chi connectivity index (χ2n) is 4.25. The molecule has 0 aliphatic heterocycles. The minimum absolute atomic E-state index is 0.299. The van der Waals surface area contributed by atoms with E-state index in [4.69, 9.17) is 9.47 Å². The number of hydrogen-bond donors (Lipinski definition) is 3. The van der Waals surface area contributed by atoms with E-state index in [1.807, 2.05) is 0 Å². The van der Waals surface area contributed by atoms with Crippen LogP contribution in [0.15, 0.2) is 18.2 Å². The van der Waals surface area contributed by atoms with Crippen molar-refractivity contribution in [3.63, 3.8) is 0 Å². The van der Waals surface area contributed by atoms with Crippen molar-refractivity contribution < 1.29 is 18.8 Å². The number of carbonyl (C=O) groups is 1. The summed E-state index contributed by atoms with van der Waals surface area (Å²) in [6.07, 6.45) is 3.31. The number of unbranched alkanes of at least 4 members (excludes halogenated alkanes) is 2. The number of benzene rings is 1. The van der Waals surface area contributed by atoms with Gasteiger partial charge in [0.05, 0.1) is 14.2 Å². The third kappa shape index (κ3) is 10.9. The Balaban J connectivity index is -0.000000725. The maximum atomic E-state index is 12.3. The third-order valence-corrected chi connectivity index (χ3v) is 4.48. The SMILES string of the molecule is CCCCC[PH](=O)C(=O)c1c(OC)cccc1OC.CN.CN.CN. The van der Waals surface area contributed by atoms with E-state index < -0.39 is 7.80 Å². The fraction of sp³-hybridized carbons (Fsp3) is 0.588. The van der Waals surface area contributed by atoms with Gasteiger partial charge in [0.2, 0.25) is 5.52 Å². The number of nitrogens with two attached hydrogens (primary N) is 3. The van der Waals surface area contributed by atoms with Crippen LogP contribution in [-0.4, -0.2) is 47.0 Å². The summed E-state index contributed by atoms with van der Waals surface area (Å²) in [5.74, 6) is 0.830. The molecule has 7 nitrogen and oxygen atoms in total. The molecule has 0 radical (unpaired) electrons. The third-order valence-electron chi connectivity index (χ3n) is 2.92. The number of carbonyl (C=O) groups excluding carboxylic acids is 1. The molecule has 0 saturated heterocycles. The molecule has 0 aliphatic rings. The lowest BCUT2D eigenvalue weighted by Crippen LogP contribution is -2.02. The second kappa shape index (κ2) is 20.6. The molecule has 0 bridgehead atoms. The van der Waals surface area contributed by atoms with Crippen LogP contribution in [-0.2, 0) is 4.57 Å². The van der Waals surface area contributed by atoms with Crippen molar-refractivity contribution in [2.24, 2.45) is 17.2 Å². The molecule has 148 valence electrons. The molecule has 8 heteroatoms. The first-order valence-electron chi connectivity index (χ1n) is 8.17. The zero-order valence-electron chi connectivity index (χ0n) is 16.4. The Kier molecular flexibility index (Phi) is 23.5. The van der Waals surface area contributed by atoms with E-state index in [1.54, 1.807) is 18.2 Å². The van der Waals surface area contributed by atoms with E-state index in [-0.39, 0.29) is 5.52 Å². The number of ether oxygens (including phenoxy) is 2. The van der Waals surface area contributed by atoms with Crippen LogP contribution >= 0.6 is 7.80 Å². The molecule has 6 N–H and O–H groups in total. The van der Waals surface area contributed by atoms with Crippen molar-refractivity contribution in [3.8, 4) is 11.5 Å². The van der Waals surface area contributed by atoms with Crippen LogP contribution in [0.2, 0.25) is 0 Å². The number of rotatable bonds is 8. The minimum atomic E-state index is -2.30. The summed E-state index contributed by atoms with van der Waals surface area (Å²) in [5, 5.41) is 0. The van der Waals surface area contributed by atoms with E-state index in [0.29, 0.717) is 23.2 Å². The fourth-order valence-electron chi connectivity index (χ4n) is 1.86. The van der Waals surface area contributed by atoms with Gasteiger partial charge >= 0.3 is 0 Å². The van der Waals surface area contributed by atoms with Crippen LogP contribution in [0.25, 0.3) is 0 Å². The Hall–Kier alpha value is -1.40. The average Bonchev–Trinajstić information content (AvgIpc) is 2.71. The summed E-state index contributed by atoms with van der Waals surface area (Å²) in [7, 11) is 5.17. The van der Waals surface area contributed by atoms with E-state index in [0.717, 1.165) is 19.3 Å². The summed E-state index contributed by atoms with van der Waals surface area (Å²) in [6, 6.07) is 5.09. The van der Waals surface area contributed by atoms with Crippen molar-refractivity contribution >= 4 is 13.3 Å². The smallest absolute Gasteiger partial charge is 0.225 e. The standard InChI is InChI=1S/C14H21O4P.3CH5N/c1-4-5-6-10-19(16)14(15)13-11(17-2)8-7-9-12(13)18-3;3*1-2/h7-9,19H,4-6,10H2,1-3H3;3*2H2,1H3. The van der Waals surface area contributed by atoms with Gasteiger partial charge in [0.25, 0.3) is 0 Å². The highest BCUT2D eigenvalue weighted by molar-refractivity contribution is 7.64. The second-order valence-corrected chi connectivity index (χ2v) is 6.05. The van der Waals surface area contributed by atoms with Crippen molar-refractivity contribution in [2.45, 2.75) is 26.2 Å². The predicted octanol–water partition coefficient (Wildman–Crippen LogP) is 2.32. The van der Waals surface area contributed by atoms with Crippen molar-refractivity contribution in [1.82, 2.24) is 0 Å². The zero-order valence-corrected chi connectivity index (χ0v) is 17.4. The Labute approximate surface area is 153 Å². The molecular formula is C17H36N3O4P. The first-order valence-corrected chi connectivity index (χ1v) is 9.79. The largest absolute Gasteiger partial charge is 0.496 e. The predicted molar refractivity (Wildman–Crippen MR) is 108 cm³/mol. The molecular weight excluding hydrogens is 341 g/mol. The van der Waals surface area contributed by atoms with Crippen molar-refractivity contribution in [1.29, 1.82) is 0 Å². The molecule has 1 aromatic rings. The topological polar surface area (TPSA) is 131 Å². The fourth-order valence-corrected chi connectivity index (χ4v) is 3.19. The molecule has 1 atom stereocenters. The van der Waals surface area contributed by atoms with Gasteiger partial charge in [-0.2, -0.15) is 0 Å². The minimum Gasteiger partial charge on any atom is -0.496 e. The van der Waals surface area contributed by atoms with Gasteiger partial charge in [-0.15, -0.1) is 0 Å². The van der Waals surface area contributed by atoms with Gasteiger partial charge in [-0.25, -0.2) is 0 Å². The summed E-state index contributed by atoms with van der Waals surface area (Å²) in [4.78, 5) is 12.3. The van der Waals surface area contributed by atoms with Crippen molar-refractivity contribution in [3.05, 3.63) is 23.8 Å². The number of hydrogen-bond acceptors (Lipinski definition) is 7. The maximum absolute atomic E-state index is 12.3. The van der Waals surface area contributed by atoms with E-state index >= 15 is 0 Å². The first kappa shape index (κ1) is 28.4. The Bertz CT molecular complexity index is 449. The molecule has 0 heterocycles. The Morgan fingerprint density at radius 3 is 1.76 bits per heavy atom. The van der Waals surface area contributed by atoms with Crippen LogP contribution in [0.4, 0.5) is 0 Å². The van der Waals surface area contributed by atoms with Crippen LogP contribution in [0.3, 0.4) is 0 Å². The molecule has 0 fully saturated rings. The highest BCUT2D eigenvalue weighted by atomic mass is 31.1. The van der Waals surface area contributed by atoms with Gasteiger partial charge in [-0.1, -0.05) is 25.8 Å². The molecule has 1 aromatic carbocycles. The lowest BCUT2D eigenvalue weighted by molar-refractivity contribution is 0.107. The van der Waals surface area contributed by atoms with E-state index in [9.17, 15) is 9.36 Å². The Morgan fingerprint density at radius 1 is 0.960 bits per heavy atom. The summed E-state index contributed by atoms with van der Waals surface area (Å²) < 4.78 is 22.4.